The highest BCUT2D eigenvalue weighted by atomic mass is 16.6. The summed E-state index contributed by atoms with van der Waals surface area (Å²) in [5.41, 5.74) is -1.10. The van der Waals surface area contributed by atoms with E-state index in [0.29, 0.717) is 13.0 Å². The fourth-order valence-corrected chi connectivity index (χ4v) is 3.46. The minimum atomic E-state index is -0.974. The summed E-state index contributed by atoms with van der Waals surface area (Å²) in [6, 6.07) is -1.16. The third-order valence-corrected chi connectivity index (χ3v) is 5.06. The van der Waals surface area contributed by atoms with Gasteiger partial charge in [0.05, 0.1) is 0 Å². The van der Waals surface area contributed by atoms with Gasteiger partial charge in [-0.1, -0.05) is 27.7 Å². The molecule has 0 radical (unpaired) electrons. The summed E-state index contributed by atoms with van der Waals surface area (Å²) in [6.07, 6.45) is 1.07. The second kappa shape index (κ2) is 8.04. The molecule has 1 amide bonds. The van der Waals surface area contributed by atoms with Crippen molar-refractivity contribution in [1.29, 1.82) is 0 Å². The van der Waals surface area contributed by atoms with Gasteiger partial charge >= 0.3 is 18.0 Å². The van der Waals surface area contributed by atoms with Gasteiger partial charge in [-0.3, -0.25) is 9.69 Å². The Morgan fingerprint density at radius 3 is 1.89 bits per heavy atom. The quantitative estimate of drug-likeness (QED) is 0.668. The lowest BCUT2D eigenvalue weighted by molar-refractivity contribution is -0.145. The van der Waals surface area contributed by atoms with Crippen LogP contribution in [0, 0.1) is 10.8 Å². The van der Waals surface area contributed by atoms with Crippen LogP contribution in [0.25, 0.3) is 0 Å². The molecule has 0 spiro atoms. The molecule has 2 rings (SSSR count). The van der Waals surface area contributed by atoms with Crippen molar-refractivity contribution < 1.29 is 29.3 Å². The molecule has 156 valence electrons. The van der Waals surface area contributed by atoms with Gasteiger partial charge in [-0.25, -0.2) is 9.59 Å². The average Bonchev–Trinajstić information content (AvgIpc) is 2.96. The Kier molecular flexibility index (Phi) is 6.91. The van der Waals surface area contributed by atoms with Gasteiger partial charge in [0.15, 0.2) is 0 Å². The van der Waals surface area contributed by atoms with Gasteiger partial charge in [0.25, 0.3) is 0 Å². The predicted molar refractivity (Wildman–Crippen MR) is 101 cm³/mol. The zero-order valence-corrected chi connectivity index (χ0v) is 17.5. The van der Waals surface area contributed by atoms with Crippen molar-refractivity contribution >= 4 is 18.0 Å². The van der Waals surface area contributed by atoms with Crippen LogP contribution in [0.5, 0.6) is 0 Å². The van der Waals surface area contributed by atoms with E-state index in [-0.39, 0.29) is 11.5 Å². The fourth-order valence-electron chi connectivity index (χ4n) is 3.46. The van der Waals surface area contributed by atoms with Crippen LogP contribution in [-0.2, 0) is 14.3 Å². The van der Waals surface area contributed by atoms with Gasteiger partial charge in [-0.05, 0) is 51.0 Å². The average molecular weight is 386 g/mol. The summed E-state index contributed by atoms with van der Waals surface area (Å²) >= 11 is 0. The lowest BCUT2D eigenvalue weighted by Crippen LogP contribution is -2.47. The van der Waals surface area contributed by atoms with Crippen molar-refractivity contribution in [3.05, 3.63) is 0 Å². The number of carboxylic acids is 2. The van der Waals surface area contributed by atoms with Crippen LogP contribution in [0.15, 0.2) is 0 Å². The molecule has 2 atom stereocenters. The molecule has 2 unspecified atom stereocenters. The molecule has 2 aliphatic heterocycles. The third kappa shape index (κ3) is 6.09. The summed E-state index contributed by atoms with van der Waals surface area (Å²) in [5, 5.41) is 20.9. The van der Waals surface area contributed by atoms with E-state index in [9.17, 15) is 19.5 Å². The molecular weight excluding hydrogens is 352 g/mol. The molecule has 27 heavy (non-hydrogen) atoms. The zero-order valence-electron chi connectivity index (χ0n) is 17.5. The Morgan fingerprint density at radius 2 is 1.56 bits per heavy atom. The number of hydrogen-bond acceptors (Lipinski definition) is 5. The van der Waals surface area contributed by atoms with E-state index in [0.717, 1.165) is 13.0 Å². The van der Waals surface area contributed by atoms with Crippen molar-refractivity contribution in [3.63, 3.8) is 0 Å². The van der Waals surface area contributed by atoms with Crippen LogP contribution in [0.3, 0.4) is 0 Å². The first kappa shape index (κ1) is 23.2. The maximum absolute atomic E-state index is 11.9. The highest BCUT2D eigenvalue weighted by molar-refractivity contribution is 5.81. The van der Waals surface area contributed by atoms with E-state index in [1.807, 2.05) is 27.7 Å². The Balaban J connectivity index is 0.000000309. The molecule has 8 nitrogen and oxygen atoms in total. The molecule has 0 bridgehead atoms. The molecule has 0 saturated carbocycles. The molecule has 0 aromatic heterocycles. The minimum Gasteiger partial charge on any atom is -0.480 e. The number of nitrogens with one attached hydrogen (secondary N) is 1. The molecule has 8 heteroatoms. The van der Waals surface area contributed by atoms with E-state index in [4.69, 9.17) is 9.84 Å². The summed E-state index contributed by atoms with van der Waals surface area (Å²) in [4.78, 5) is 35.0. The molecular formula is C19H34N2O6. The number of carbonyl (C=O) groups is 3. The fraction of sp³-hybridized carbons (Fsp3) is 0.842. The van der Waals surface area contributed by atoms with Crippen molar-refractivity contribution in [2.45, 2.75) is 79.0 Å². The number of ether oxygens (including phenoxy) is 1. The lowest BCUT2D eigenvalue weighted by Gasteiger charge is -2.30. The van der Waals surface area contributed by atoms with E-state index in [1.54, 1.807) is 20.8 Å². The number of aliphatic carboxylic acids is 2. The topological polar surface area (TPSA) is 116 Å². The first-order valence-electron chi connectivity index (χ1n) is 9.27. The molecule has 3 N–H and O–H groups in total. The van der Waals surface area contributed by atoms with Crippen LogP contribution in [0.4, 0.5) is 4.79 Å². The zero-order chi connectivity index (χ0) is 21.2. The standard InChI is InChI=1S/C12H21NO4.C7H13NO2/c1-11(2,3)17-10(16)13-7-6-12(4,5)8(13)9(14)15;1-7(2)3-4-8-5(7)6(9)10/h8H,6-7H2,1-5H3,(H,14,15);5,8H,3-4H2,1-2H3,(H,9,10). The van der Waals surface area contributed by atoms with Gasteiger partial charge in [-0.15, -0.1) is 0 Å². The van der Waals surface area contributed by atoms with Crippen molar-refractivity contribution in [1.82, 2.24) is 10.2 Å². The maximum Gasteiger partial charge on any atom is 0.411 e. The SMILES string of the molecule is CC(C)(C)OC(=O)N1CCC(C)(C)C1C(=O)O.CC1(C)CCNC1C(=O)O. The molecule has 2 fully saturated rings. The van der Waals surface area contributed by atoms with Gasteiger partial charge in [0, 0.05) is 6.54 Å². The number of carboxylic acid groups (broad SMARTS) is 2. The second-order valence-electron chi connectivity index (χ2n) is 9.62. The molecule has 2 aliphatic rings. The lowest BCUT2D eigenvalue weighted by atomic mass is 9.85. The Labute approximate surface area is 161 Å². The first-order chi connectivity index (χ1) is 12.1. The molecule has 0 aromatic rings. The highest BCUT2D eigenvalue weighted by Gasteiger charge is 2.48. The largest absolute Gasteiger partial charge is 0.480 e. The maximum atomic E-state index is 11.9. The third-order valence-electron chi connectivity index (χ3n) is 5.06. The van der Waals surface area contributed by atoms with E-state index in [2.05, 4.69) is 5.32 Å². The van der Waals surface area contributed by atoms with Crippen LogP contribution in [0.2, 0.25) is 0 Å². The highest BCUT2D eigenvalue weighted by Crippen LogP contribution is 2.37. The Bertz CT molecular complexity index is 579. The molecule has 0 aromatic carbocycles. The number of hydrogen-bond donors (Lipinski definition) is 3. The number of carbonyl (C=O) groups excluding carboxylic acids is 1. The number of rotatable bonds is 2. The van der Waals surface area contributed by atoms with Crippen LogP contribution in [-0.4, -0.2) is 63.9 Å². The smallest absolute Gasteiger partial charge is 0.411 e. The second-order valence-corrected chi connectivity index (χ2v) is 9.62. The Morgan fingerprint density at radius 1 is 1.00 bits per heavy atom. The normalized spacial score (nSPS) is 26.1. The van der Waals surface area contributed by atoms with Crippen LogP contribution in [0.1, 0.15) is 61.3 Å². The van der Waals surface area contributed by atoms with Crippen LogP contribution < -0.4 is 5.32 Å². The van der Waals surface area contributed by atoms with E-state index >= 15 is 0 Å². The minimum absolute atomic E-state index is 0.0775. The molecule has 0 aliphatic carbocycles. The summed E-state index contributed by atoms with van der Waals surface area (Å²) < 4.78 is 5.22. The predicted octanol–water partition coefficient (Wildman–Crippen LogP) is 2.57. The number of amides is 1. The van der Waals surface area contributed by atoms with Crippen molar-refractivity contribution in [2.24, 2.45) is 10.8 Å². The summed E-state index contributed by atoms with van der Waals surface area (Å²) in [6.45, 7) is 14.2. The Hall–Kier alpha value is -1.83. The van der Waals surface area contributed by atoms with Gasteiger partial charge in [0.2, 0.25) is 0 Å². The molecule has 2 heterocycles. The van der Waals surface area contributed by atoms with E-state index in [1.165, 1.54) is 4.90 Å². The monoisotopic (exact) mass is 386 g/mol. The first-order valence-corrected chi connectivity index (χ1v) is 9.27. The van der Waals surface area contributed by atoms with Gasteiger partial charge < -0.3 is 20.3 Å². The molecule has 2 saturated heterocycles. The van der Waals surface area contributed by atoms with Crippen molar-refractivity contribution in [2.75, 3.05) is 13.1 Å². The van der Waals surface area contributed by atoms with Gasteiger partial charge in [-0.2, -0.15) is 0 Å². The summed E-state index contributed by atoms with van der Waals surface area (Å²) in [5.74, 6) is -1.71. The summed E-state index contributed by atoms with van der Waals surface area (Å²) in [7, 11) is 0. The van der Waals surface area contributed by atoms with E-state index < -0.39 is 35.1 Å². The number of nitrogens with zero attached hydrogens (tertiary/aromatic N) is 1. The van der Waals surface area contributed by atoms with Gasteiger partial charge in [0.1, 0.15) is 17.7 Å². The van der Waals surface area contributed by atoms with Crippen molar-refractivity contribution in [3.8, 4) is 0 Å². The number of likely N-dealkylation sites (tertiary alicyclic amines) is 1. The van der Waals surface area contributed by atoms with Crippen LogP contribution >= 0.6 is 0 Å².